The molecule has 0 aliphatic carbocycles. The van der Waals surface area contributed by atoms with Crippen molar-refractivity contribution >= 4 is 5.91 Å². The Labute approximate surface area is 144 Å². The lowest BCUT2D eigenvalue weighted by Crippen LogP contribution is -2.38. The molecule has 1 aromatic carbocycles. The number of aromatic nitrogens is 1. The van der Waals surface area contributed by atoms with Gasteiger partial charge in [0.1, 0.15) is 0 Å². The number of benzene rings is 1. The van der Waals surface area contributed by atoms with Crippen LogP contribution in [0.15, 0.2) is 42.6 Å². The average Bonchev–Trinajstić information content (AvgIpc) is 3.20. The molecule has 1 amide bonds. The second-order valence-corrected chi connectivity index (χ2v) is 6.77. The summed E-state index contributed by atoms with van der Waals surface area (Å²) in [5.41, 5.74) is 3.54. The number of nitrogens with zero attached hydrogens (tertiary/aromatic N) is 2. The quantitative estimate of drug-likeness (QED) is 0.887. The SMILES string of the molecule is Cc1cccc(CC(=O)NCC(c2cccn2C)N2CCCC2)c1. The summed E-state index contributed by atoms with van der Waals surface area (Å²) in [6.45, 7) is 4.95. The van der Waals surface area contributed by atoms with Gasteiger partial charge in [0.05, 0.1) is 12.5 Å². The highest BCUT2D eigenvalue weighted by Crippen LogP contribution is 2.24. The van der Waals surface area contributed by atoms with Crippen LogP contribution in [0, 0.1) is 6.92 Å². The molecular weight excluding hydrogens is 298 g/mol. The summed E-state index contributed by atoms with van der Waals surface area (Å²) in [6, 6.07) is 12.7. The molecule has 0 radical (unpaired) electrons. The fourth-order valence-electron chi connectivity index (χ4n) is 3.57. The van der Waals surface area contributed by atoms with Gasteiger partial charge in [-0.25, -0.2) is 0 Å². The van der Waals surface area contributed by atoms with Gasteiger partial charge in [-0.15, -0.1) is 0 Å². The number of hydrogen-bond acceptors (Lipinski definition) is 2. The Kier molecular flexibility index (Phi) is 5.36. The molecule has 4 nitrogen and oxygen atoms in total. The van der Waals surface area contributed by atoms with Gasteiger partial charge >= 0.3 is 0 Å². The van der Waals surface area contributed by atoms with Crippen LogP contribution >= 0.6 is 0 Å². The summed E-state index contributed by atoms with van der Waals surface area (Å²) in [6.07, 6.45) is 5.02. The summed E-state index contributed by atoms with van der Waals surface area (Å²) >= 11 is 0. The molecule has 2 aromatic rings. The second-order valence-electron chi connectivity index (χ2n) is 6.77. The van der Waals surface area contributed by atoms with E-state index in [0.717, 1.165) is 18.7 Å². The Balaban J connectivity index is 1.63. The third kappa shape index (κ3) is 4.06. The van der Waals surface area contributed by atoms with Crippen molar-refractivity contribution in [3.63, 3.8) is 0 Å². The molecule has 0 spiro atoms. The Morgan fingerprint density at radius 1 is 1.21 bits per heavy atom. The van der Waals surface area contributed by atoms with Gasteiger partial charge in [0.2, 0.25) is 5.91 Å². The van der Waals surface area contributed by atoms with Gasteiger partial charge in [0.15, 0.2) is 0 Å². The third-order valence-corrected chi connectivity index (χ3v) is 4.85. The molecule has 1 aromatic heterocycles. The summed E-state index contributed by atoms with van der Waals surface area (Å²) < 4.78 is 2.16. The Morgan fingerprint density at radius 2 is 2.00 bits per heavy atom. The van der Waals surface area contributed by atoms with E-state index in [0.29, 0.717) is 13.0 Å². The summed E-state index contributed by atoms with van der Waals surface area (Å²) in [5, 5.41) is 3.15. The van der Waals surface area contributed by atoms with Gasteiger partial charge < -0.3 is 9.88 Å². The summed E-state index contributed by atoms with van der Waals surface area (Å²) in [4.78, 5) is 14.8. The molecule has 1 atom stereocenters. The number of likely N-dealkylation sites (tertiary alicyclic amines) is 1. The van der Waals surface area contributed by atoms with Gasteiger partial charge in [-0.2, -0.15) is 0 Å². The van der Waals surface area contributed by atoms with Crippen molar-refractivity contribution in [1.82, 2.24) is 14.8 Å². The molecule has 1 fully saturated rings. The zero-order chi connectivity index (χ0) is 16.9. The van der Waals surface area contributed by atoms with Crippen LogP contribution in [0.2, 0.25) is 0 Å². The van der Waals surface area contributed by atoms with Crippen molar-refractivity contribution in [3.05, 3.63) is 59.4 Å². The maximum absolute atomic E-state index is 12.4. The second kappa shape index (κ2) is 7.67. The predicted octanol–water partition coefficient (Wildman–Crippen LogP) is 2.83. The lowest BCUT2D eigenvalue weighted by molar-refractivity contribution is -0.120. The number of carbonyl (C=O) groups excluding carboxylic acids is 1. The highest BCUT2D eigenvalue weighted by atomic mass is 16.1. The van der Waals surface area contributed by atoms with Crippen LogP contribution in [0.5, 0.6) is 0 Å². The van der Waals surface area contributed by atoms with E-state index < -0.39 is 0 Å². The van der Waals surface area contributed by atoms with Gasteiger partial charge in [0, 0.05) is 25.5 Å². The Morgan fingerprint density at radius 3 is 2.67 bits per heavy atom. The normalized spacial score (nSPS) is 16.2. The minimum Gasteiger partial charge on any atom is -0.354 e. The molecule has 1 aliphatic rings. The lowest BCUT2D eigenvalue weighted by Gasteiger charge is -2.28. The highest BCUT2D eigenvalue weighted by molar-refractivity contribution is 5.78. The Bertz CT molecular complexity index is 686. The molecule has 0 saturated carbocycles. The van der Waals surface area contributed by atoms with Crippen molar-refractivity contribution in [2.45, 2.75) is 32.2 Å². The first-order chi connectivity index (χ1) is 11.6. The van der Waals surface area contributed by atoms with Gasteiger partial charge in [-0.05, 0) is 50.6 Å². The van der Waals surface area contributed by atoms with Crippen LogP contribution in [-0.4, -0.2) is 35.0 Å². The van der Waals surface area contributed by atoms with E-state index in [9.17, 15) is 4.79 Å². The van der Waals surface area contributed by atoms with E-state index in [1.165, 1.54) is 24.1 Å². The molecular formula is C20H27N3O. The van der Waals surface area contributed by atoms with Crippen molar-refractivity contribution in [1.29, 1.82) is 0 Å². The summed E-state index contributed by atoms with van der Waals surface area (Å²) in [5.74, 6) is 0.0963. The van der Waals surface area contributed by atoms with Gasteiger partial charge in [-0.3, -0.25) is 9.69 Å². The molecule has 1 aliphatic heterocycles. The first kappa shape index (κ1) is 16.8. The van der Waals surface area contributed by atoms with E-state index in [4.69, 9.17) is 0 Å². The number of hydrogen-bond donors (Lipinski definition) is 1. The van der Waals surface area contributed by atoms with Crippen LogP contribution in [0.4, 0.5) is 0 Å². The summed E-state index contributed by atoms with van der Waals surface area (Å²) in [7, 11) is 2.08. The van der Waals surface area contributed by atoms with Crippen molar-refractivity contribution in [3.8, 4) is 0 Å². The highest BCUT2D eigenvalue weighted by Gasteiger charge is 2.25. The van der Waals surface area contributed by atoms with Crippen LogP contribution < -0.4 is 5.32 Å². The monoisotopic (exact) mass is 325 g/mol. The van der Waals surface area contributed by atoms with E-state index in [2.05, 4.69) is 59.2 Å². The molecule has 3 rings (SSSR count). The molecule has 1 saturated heterocycles. The first-order valence-electron chi connectivity index (χ1n) is 8.81. The van der Waals surface area contributed by atoms with Crippen molar-refractivity contribution in [2.24, 2.45) is 7.05 Å². The molecule has 1 unspecified atom stereocenters. The fraction of sp³-hybridized carbons (Fsp3) is 0.450. The third-order valence-electron chi connectivity index (χ3n) is 4.85. The standard InChI is InChI=1S/C20H27N3O/c1-16-7-5-8-17(13-16)14-20(24)21-15-19(23-11-3-4-12-23)18-9-6-10-22(18)2/h5-10,13,19H,3-4,11-12,14-15H2,1-2H3,(H,21,24). The lowest BCUT2D eigenvalue weighted by atomic mass is 10.1. The first-order valence-corrected chi connectivity index (χ1v) is 8.81. The van der Waals surface area contributed by atoms with E-state index in [-0.39, 0.29) is 11.9 Å². The topological polar surface area (TPSA) is 37.3 Å². The molecule has 2 heterocycles. The molecule has 0 bridgehead atoms. The van der Waals surface area contributed by atoms with Gasteiger partial charge in [0.25, 0.3) is 0 Å². The van der Waals surface area contributed by atoms with E-state index in [1.807, 2.05) is 12.1 Å². The number of nitrogens with one attached hydrogen (secondary N) is 1. The average molecular weight is 325 g/mol. The van der Waals surface area contributed by atoms with Gasteiger partial charge in [-0.1, -0.05) is 29.8 Å². The molecule has 24 heavy (non-hydrogen) atoms. The number of amides is 1. The minimum atomic E-state index is 0.0963. The number of carbonyl (C=O) groups is 1. The zero-order valence-corrected chi connectivity index (χ0v) is 14.7. The Hall–Kier alpha value is -2.07. The van der Waals surface area contributed by atoms with Crippen molar-refractivity contribution < 1.29 is 4.79 Å². The van der Waals surface area contributed by atoms with Crippen molar-refractivity contribution in [2.75, 3.05) is 19.6 Å². The maximum atomic E-state index is 12.4. The largest absolute Gasteiger partial charge is 0.354 e. The van der Waals surface area contributed by atoms with Crippen LogP contribution in [-0.2, 0) is 18.3 Å². The minimum absolute atomic E-state index is 0.0963. The van der Waals surface area contributed by atoms with E-state index >= 15 is 0 Å². The molecule has 4 heteroatoms. The molecule has 1 N–H and O–H groups in total. The van der Waals surface area contributed by atoms with E-state index in [1.54, 1.807) is 0 Å². The van der Waals surface area contributed by atoms with Crippen LogP contribution in [0.25, 0.3) is 0 Å². The smallest absolute Gasteiger partial charge is 0.224 e. The van der Waals surface area contributed by atoms with Crippen LogP contribution in [0.3, 0.4) is 0 Å². The zero-order valence-electron chi connectivity index (χ0n) is 14.7. The maximum Gasteiger partial charge on any atom is 0.224 e. The fourth-order valence-corrected chi connectivity index (χ4v) is 3.57. The number of rotatable bonds is 6. The van der Waals surface area contributed by atoms with Crippen LogP contribution in [0.1, 0.15) is 35.7 Å². The predicted molar refractivity (Wildman–Crippen MR) is 96.9 cm³/mol. The number of aryl methyl sites for hydroxylation is 2. The molecule has 128 valence electrons.